The number of amides is 1. The Balaban J connectivity index is 1.91. The van der Waals surface area contributed by atoms with E-state index in [4.69, 9.17) is 0 Å². The Bertz CT molecular complexity index is 456. The zero-order valence-corrected chi connectivity index (χ0v) is 11.5. The minimum absolute atomic E-state index is 0.0759. The molecular weight excluding hydrogens is 289 g/mol. The van der Waals surface area contributed by atoms with E-state index in [1.54, 1.807) is 0 Å². The van der Waals surface area contributed by atoms with Crippen molar-refractivity contribution < 1.29 is 18.0 Å². The number of nitrogens with one attached hydrogen (secondary N) is 2. The standard InChI is InChI=1S/C13H15F3N2OS/c14-13(15,16)20-11-5-3-10(4-6-11)18-12(19)9-2-1-7-17-8-9/h3-6,9,17H,1-2,7-8H2,(H,18,19). The molecule has 3 nitrogen and oxygen atoms in total. The fourth-order valence-electron chi connectivity index (χ4n) is 2.06. The molecule has 0 spiro atoms. The van der Waals surface area contributed by atoms with Gasteiger partial charge in [-0.25, -0.2) is 0 Å². The molecule has 1 aliphatic heterocycles. The van der Waals surface area contributed by atoms with E-state index in [0.717, 1.165) is 19.4 Å². The highest BCUT2D eigenvalue weighted by Gasteiger charge is 2.29. The number of carbonyl (C=O) groups excluding carboxylic acids is 1. The molecule has 0 bridgehead atoms. The number of hydrogen-bond acceptors (Lipinski definition) is 3. The number of anilines is 1. The number of piperidine rings is 1. The van der Waals surface area contributed by atoms with E-state index in [2.05, 4.69) is 10.6 Å². The van der Waals surface area contributed by atoms with E-state index in [1.807, 2.05) is 0 Å². The lowest BCUT2D eigenvalue weighted by molar-refractivity contribution is -0.120. The normalized spacial score (nSPS) is 19.6. The smallest absolute Gasteiger partial charge is 0.326 e. The Morgan fingerprint density at radius 2 is 2.00 bits per heavy atom. The highest BCUT2D eigenvalue weighted by molar-refractivity contribution is 8.00. The molecule has 20 heavy (non-hydrogen) atoms. The Kier molecular flexibility index (Phi) is 4.93. The summed E-state index contributed by atoms with van der Waals surface area (Å²) in [5.41, 5.74) is -3.77. The van der Waals surface area contributed by atoms with Gasteiger partial charge in [0, 0.05) is 17.1 Å². The average molecular weight is 304 g/mol. The third-order valence-electron chi connectivity index (χ3n) is 3.02. The number of carbonyl (C=O) groups is 1. The topological polar surface area (TPSA) is 41.1 Å². The van der Waals surface area contributed by atoms with Gasteiger partial charge in [-0.05, 0) is 55.4 Å². The largest absolute Gasteiger partial charge is 0.446 e. The van der Waals surface area contributed by atoms with Gasteiger partial charge in [0.05, 0.1) is 5.92 Å². The molecular formula is C13H15F3N2OS. The SMILES string of the molecule is O=C(Nc1ccc(SC(F)(F)F)cc1)C1CCCNC1. The average Bonchev–Trinajstić information content (AvgIpc) is 2.40. The molecule has 1 fully saturated rings. The molecule has 1 atom stereocenters. The first-order valence-electron chi connectivity index (χ1n) is 6.31. The van der Waals surface area contributed by atoms with Crippen LogP contribution in [-0.2, 0) is 4.79 Å². The summed E-state index contributed by atoms with van der Waals surface area (Å²) in [5, 5.41) is 5.88. The molecule has 1 saturated heterocycles. The van der Waals surface area contributed by atoms with Crippen molar-refractivity contribution in [2.24, 2.45) is 5.92 Å². The Morgan fingerprint density at radius 1 is 1.30 bits per heavy atom. The van der Waals surface area contributed by atoms with Crippen LogP contribution < -0.4 is 10.6 Å². The van der Waals surface area contributed by atoms with Gasteiger partial charge >= 0.3 is 5.51 Å². The molecule has 1 unspecified atom stereocenters. The lowest BCUT2D eigenvalue weighted by Gasteiger charge is -2.21. The quantitative estimate of drug-likeness (QED) is 0.842. The van der Waals surface area contributed by atoms with E-state index < -0.39 is 5.51 Å². The first-order valence-corrected chi connectivity index (χ1v) is 7.13. The summed E-state index contributed by atoms with van der Waals surface area (Å²) in [6.45, 7) is 1.57. The van der Waals surface area contributed by atoms with Crippen LogP contribution in [0.5, 0.6) is 0 Å². The number of alkyl halides is 3. The summed E-state index contributed by atoms with van der Waals surface area (Å²) in [6.07, 6.45) is 1.79. The van der Waals surface area contributed by atoms with Crippen molar-refractivity contribution in [3.63, 3.8) is 0 Å². The maximum absolute atomic E-state index is 12.2. The molecule has 1 amide bonds. The fourth-order valence-corrected chi connectivity index (χ4v) is 2.60. The van der Waals surface area contributed by atoms with Crippen LogP contribution in [0.15, 0.2) is 29.2 Å². The number of halogens is 3. The molecule has 1 aliphatic rings. The van der Waals surface area contributed by atoms with E-state index in [1.165, 1.54) is 24.3 Å². The van der Waals surface area contributed by atoms with Gasteiger partial charge in [0.25, 0.3) is 0 Å². The first kappa shape index (κ1) is 15.2. The lowest BCUT2D eigenvalue weighted by Crippen LogP contribution is -2.37. The number of benzene rings is 1. The zero-order chi connectivity index (χ0) is 14.6. The molecule has 0 aromatic heterocycles. The molecule has 1 aromatic rings. The number of hydrogen-bond donors (Lipinski definition) is 2. The summed E-state index contributed by atoms with van der Waals surface area (Å²) in [4.78, 5) is 12.1. The second-order valence-corrected chi connectivity index (χ2v) is 5.74. The van der Waals surface area contributed by atoms with Crippen LogP contribution in [0.1, 0.15) is 12.8 Å². The Labute approximate surface area is 119 Å². The predicted molar refractivity (Wildman–Crippen MR) is 72.6 cm³/mol. The molecule has 1 heterocycles. The lowest BCUT2D eigenvalue weighted by atomic mass is 9.99. The van der Waals surface area contributed by atoms with Gasteiger partial charge in [-0.2, -0.15) is 13.2 Å². The van der Waals surface area contributed by atoms with Gasteiger partial charge in [-0.15, -0.1) is 0 Å². The molecule has 7 heteroatoms. The summed E-state index contributed by atoms with van der Waals surface area (Å²) in [6, 6.07) is 5.68. The number of rotatable bonds is 3. The van der Waals surface area contributed by atoms with Crippen molar-refractivity contribution in [2.45, 2.75) is 23.2 Å². The van der Waals surface area contributed by atoms with Crippen LogP contribution in [0.25, 0.3) is 0 Å². The maximum atomic E-state index is 12.2. The first-order chi connectivity index (χ1) is 9.44. The van der Waals surface area contributed by atoms with Gasteiger partial charge in [0.15, 0.2) is 0 Å². The van der Waals surface area contributed by atoms with Crippen LogP contribution in [0.3, 0.4) is 0 Å². The highest BCUT2D eigenvalue weighted by atomic mass is 32.2. The second kappa shape index (κ2) is 6.49. The van der Waals surface area contributed by atoms with Crippen molar-refractivity contribution in [1.82, 2.24) is 5.32 Å². The van der Waals surface area contributed by atoms with Crippen LogP contribution in [0.2, 0.25) is 0 Å². The summed E-state index contributed by atoms with van der Waals surface area (Å²) in [5.74, 6) is -0.165. The molecule has 2 rings (SSSR count). The van der Waals surface area contributed by atoms with E-state index in [-0.39, 0.29) is 28.5 Å². The third-order valence-corrected chi connectivity index (χ3v) is 3.76. The predicted octanol–water partition coefficient (Wildman–Crippen LogP) is 3.24. The summed E-state index contributed by atoms with van der Waals surface area (Å²) < 4.78 is 36.5. The van der Waals surface area contributed by atoms with Gasteiger partial charge in [-0.1, -0.05) is 0 Å². The zero-order valence-electron chi connectivity index (χ0n) is 10.7. The molecule has 2 N–H and O–H groups in total. The van der Waals surface area contributed by atoms with E-state index >= 15 is 0 Å². The fraction of sp³-hybridized carbons (Fsp3) is 0.462. The van der Waals surface area contributed by atoms with E-state index in [0.29, 0.717) is 12.2 Å². The van der Waals surface area contributed by atoms with Crippen molar-refractivity contribution in [1.29, 1.82) is 0 Å². The molecule has 110 valence electrons. The van der Waals surface area contributed by atoms with Crippen molar-refractivity contribution in [3.8, 4) is 0 Å². The molecule has 0 saturated carbocycles. The Hall–Kier alpha value is -1.21. The highest BCUT2D eigenvalue weighted by Crippen LogP contribution is 2.37. The van der Waals surface area contributed by atoms with Crippen molar-refractivity contribution in [3.05, 3.63) is 24.3 Å². The van der Waals surface area contributed by atoms with Gasteiger partial charge in [0.2, 0.25) is 5.91 Å². The van der Waals surface area contributed by atoms with Gasteiger partial charge in [-0.3, -0.25) is 4.79 Å². The summed E-state index contributed by atoms with van der Waals surface area (Å²) in [7, 11) is 0. The molecule has 0 aliphatic carbocycles. The minimum Gasteiger partial charge on any atom is -0.326 e. The van der Waals surface area contributed by atoms with Gasteiger partial charge < -0.3 is 10.6 Å². The second-order valence-electron chi connectivity index (χ2n) is 4.60. The van der Waals surface area contributed by atoms with Crippen LogP contribution in [-0.4, -0.2) is 24.5 Å². The molecule has 1 aromatic carbocycles. The maximum Gasteiger partial charge on any atom is 0.446 e. The van der Waals surface area contributed by atoms with Crippen LogP contribution in [0, 0.1) is 5.92 Å². The molecule has 0 radical (unpaired) electrons. The van der Waals surface area contributed by atoms with Crippen LogP contribution in [0.4, 0.5) is 18.9 Å². The summed E-state index contributed by atoms with van der Waals surface area (Å²) >= 11 is -0.166. The van der Waals surface area contributed by atoms with Crippen molar-refractivity contribution in [2.75, 3.05) is 18.4 Å². The Morgan fingerprint density at radius 3 is 2.55 bits per heavy atom. The minimum atomic E-state index is -4.29. The van der Waals surface area contributed by atoms with Crippen LogP contribution >= 0.6 is 11.8 Å². The van der Waals surface area contributed by atoms with E-state index in [9.17, 15) is 18.0 Å². The third kappa shape index (κ3) is 4.72. The number of thioether (sulfide) groups is 1. The monoisotopic (exact) mass is 304 g/mol. The van der Waals surface area contributed by atoms with Crippen molar-refractivity contribution >= 4 is 23.4 Å². The van der Waals surface area contributed by atoms with Gasteiger partial charge in [0.1, 0.15) is 0 Å².